The van der Waals surface area contributed by atoms with Gasteiger partial charge in [0, 0.05) is 18.0 Å². The Labute approximate surface area is 206 Å². The summed E-state index contributed by atoms with van der Waals surface area (Å²) in [6, 6.07) is 4.47. The van der Waals surface area contributed by atoms with Crippen LogP contribution in [0.25, 0.3) is 0 Å². The molecule has 2 aliphatic heterocycles. The van der Waals surface area contributed by atoms with Gasteiger partial charge in [-0.05, 0) is 64.7 Å². The van der Waals surface area contributed by atoms with E-state index in [0.29, 0.717) is 12.7 Å². The van der Waals surface area contributed by atoms with Gasteiger partial charge in [-0.2, -0.15) is 13.2 Å². The second kappa shape index (κ2) is 9.66. The number of halogens is 4. The highest BCUT2D eigenvalue weighted by molar-refractivity contribution is 6.45. The number of hydrogen-bond donors (Lipinski definition) is 2. The molecule has 2 amide bonds. The third kappa shape index (κ3) is 5.51. The van der Waals surface area contributed by atoms with Crippen LogP contribution in [0.4, 0.5) is 17.6 Å². The average Bonchev–Trinajstić information content (AvgIpc) is 3.21. The van der Waals surface area contributed by atoms with Crippen molar-refractivity contribution < 1.29 is 46.4 Å². The molecule has 198 valence electrons. The quantitative estimate of drug-likeness (QED) is 0.426. The van der Waals surface area contributed by atoms with Gasteiger partial charge < -0.3 is 24.6 Å². The number of nitrogens with zero attached hydrogens (tertiary/aromatic N) is 1. The molecule has 2 heterocycles. The van der Waals surface area contributed by atoms with E-state index >= 15 is 0 Å². The van der Waals surface area contributed by atoms with Crippen molar-refractivity contribution in [3.05, 3.63) is 35.6 Å². The number of nitrogens with one attached hydrogen (secondary N) is 1. The maximum atomic E-state index is 13.3. The molecular formula is C23H29BF4N2O6. The van der Waals surface area contributed by atoms with Crippen molar-refractivity contribution >= 4 is 24.9 Å². The molecule has 0 aliphatic carbocycles. The zero-order chi connectivity index (χ0) is 27.1. The lowest BCUT2D eigenvalue weighted by Gasteiger charge is -2.32. The molecule has 2 fully saturated rings. The van der Waals surface area contributed by atoms with E-state index in [2.05, 4.69) is 0 Å². The summed E-state index contributed by atoms with van der Waals surface area (Å²) in [6.07, 6.45) is -4.61. The fourth-order valence-corrected chi connectivity index (χ4v) is 4.51. The van der Waals surface area contributed by atoms with E-state index in [0.717, 1.165) is 17.0 Å². The number of amides is 2. The topological polar surface area (TPSA) is 105 Å². The Morgan fingerprint density at radius 1 is 1.11 bits per heavy atom. The third-order valence-corrected chi connectivity index (χ3v) is 7.23. The van der Waals surface area contributed by atoms with Gasteiger partial charge >= 0.3 is 25.2 Å². The van der Waals surface area contributed by atoms with Crippen LogP contribution in [0.3, 0.4) is 0 Å². The molecule has 1 aromatic rings. The number of carboxylic acid groups (broad SMARTS) is 1. The van der Waals surface area contributed by atoms with E-state index in [9.17, 15) is 37.1 Å². The largest absolute Gasteiger partial charge is 0.479 e. The van der Waals surface area contributed by atoms with Crippen molar-refractivity contribution in [2.75, 3.05) is 13.1 Å². The normalized spacial score (nSPS) is 25.2. The number of benzene rings is 1. The summed E-state index contributed by atoms with van der Waals surface area (Å²) >= 11 is 0. The minimum absolute atomic E-state index is 0.0377. The number of carboxylic acids is 1. The van der Waals surface area contributed by atoms with E-state index in [1.807, 2.05) is 27.7 Å². The van der Waals surface area contributed by atoms with Crippen molar-refractivity contribution in [2.45, 2.75) is 69.8 Å². The number of carbonyl (C=O) groups excluding carboxylic acids is 2. The SMILES string of the molecule is CC1(C)OB(CCCC2CN(C(=O)c3ccc(F)cc3)CC2(NC(=O)C(F)(F)F)C(=O)O)OC1(C)C. The Kier molecular flexibility index (Phi) is 7.49. The molecule has 2 saturated heterocycles. The fourth-order valence-electron chi connectivity index (χ4n) is 4.51. The number of carbonyl (C=O) groups is 3. The zero-order valence-electron chi connectivity index (χ0n) is 20.4. The van der Waals surface area contributed by atoms with Crippen LogP contribution in [0.2, 0.25) is 6.32 Å². The molecular weight excluding hydrogens is 487 g/mol. The van der Waals surface area contributed by atoms with E-state index < -0.39 is 66.1 Å². The van der Waals surface area contributed by atoms with Gasteiger partial charge in [-0.25, -0.2) is 9.18 Å². The van der Waals surface area contributed by atoms with Crippen molar-refractivity contribution in [2.24, 2.45) is 5.92 Å². The Bertz CT molecular complexity index is 1000. The molecule has 0 saturated carbocycles. The molecule has 0 bridgehead atoms. The van der Waals surface area contributed by atoms with Crippen LogP contribution < -0.4 is 5.32 Å². The molecule has 0 radical (unpaired) electrons. The lowest BCUT2D eigenvalue weighted by atomic mass is 9.77. The summed E-state index contributed by atoms with van der Waals surface area (Å²) in [7, 11) is -0.600. The van der Waals surface area contributed by atoms with Gasteiger partial charge in [0.05, 0.1) is 17.7 Å². The first kappa shape index (κ1) is 27.9. The van der Waals surface area contributed by atoms with E-state index in [4.69, 9.17) is 9.31 Å². The third-order valence-electron chi connectivity index (χ3n) is 7.23. The van der Waals surface area contributed by atoms with Gasteiger partial charge in [-0.15, -0.1) is 0 Å². The summed E-state index contributed by atoms with van der Waals surface area (Å²) in [5.41, 5.74) is -3.50. The lowest BCUT2D eigenvalue weighted by molar-refractivity contribution is -0.178. The number of aliphatic carboxylic acids is 1. The van der Waals surface area contributed by atoms with Gasteiger partial charge in [0.25, 0.3) is 5.91 Å². The number of hydrogen-bond acceptors (Lipinski definition) is 5. The molecule has 2 N–H and O–H groups in total. The van der Waals surface area contributed by atoms with Crippen molar-refractivity contribution in [3.63, 3.8) is 0 Å². The predicted molar refractivity (Wildman–Crippen MR) is 120 cm³/mol. The fraction of sp³-hybridized carbons (Fsp3) is 0.609. The summed E-state index contributed by atoms with van der Waals surface area (Å²) in [5, 5.41) is 11.6. The Balaban J connectivity index is 1.81. The van der Waals surface area contributed by atoms with E-state index in [1.165, 1.54) is 12.1 Å². The number of rotatable bonds is 7. The molecule has 13 heteroatoms. The van der Waals surface area contributed by atoms with Crippen LogP contribution in [0.1, 0.15) is 50.9 Å². The zero-order valence-corrected chi connectivity index (χ0v) is 20.4. The first-order chi connectivity index (χ1) is 16.5. The Hall–Kier alpha value is -2.67. The van der Waals surface area contributed by atoms with Crippen LogP contribution in [0, 0.1) is 11.7 Å². The molecule has 3 rings (SSSR count). The molecule has 36 heavy (non-hydrogen) atoms. The van der Waals surface area contributed by atoms with Gasteiger partial charge in [-0.1, -0.05) is 6.42 Å². The minimum atomic E-state index is -5.32. The molecule has 2 aliphatic rings. The van der Waals surface area contributed by atoms with Crippen LogP contribution in [0.5, 0.6) is 0 Å². The predicted octanol–water partition coefficient (Wildman–Crippen LogP) is 3.27. The van der Waals surface area contributed by atoms with Crippen molar-refractivity contribution in [1.29, 1.82) is 0 Å². The van der Waals surface area contributed by atoms with Gasteiger partial charge in [-0.3, -0.25) is 9.59 Å². The molecule has 0 aromatic heterocycles. The van der Waals surface area contributed by atoms with Crippen LogP contribution in [0.15, 0.2) is 24.3 Å². The molecule has 8 nitrogen and oxygen atoms in total. The lowest BCUT2D eigenvalue weighted by Crippen LogP contribution is -2.62. The van der Waals surface area contributed by atoms with Gasteiger partial charge in [0.1, 0.15) is 5.82 Å². The molecule has 1 aromatic carbocycles. The van der Waals surface area contributed by atoms with Crippen molar-refractivity contribution in [3.8, 4) is 0 Å². The second-order valence-electron chi connectivity index (χ2n) is 10.2. The van der Waals surface area contributed by atoms with E-state index in [-0.39, 0.29) is 18.5 Å². The van der Waals surface area contributed by atoms with Crippen LogP contribution in [-0.2, 0) is 18.9 Å². The highest BCUT2D eigenvalue weighted by Crippen LogP contribution is 2.39. The number of likely N-dealkylation sites (tertiary alicyclic amines) is 1. The van der Waals surface area contributed by atoms with Crippen LogP contribution in [-0.4, -0.2) is 70.9 Å². The summed E-state index contributed by atoms with van der Waals surface area (Å²) in [4.78, 5) is 38.1. The molecule has 2 atom stereocenters. The highest BCUT2D eigenvalue weighted by Gasteiger charge is 2.57. The average molecular weight is 516 g/mol. The summed E-state index contributed by atoms with van der Waals surface area (Å²) in [6.45, 7) is 6.57. The number of alkyl halides is 3. The maximum absolute atomic E-state index is 13.3. The van der Waals surface area contributed by atoms with Crippen LogP contribution >= 0.6 is 0 Å². The maximum Gasteiger partial charge on any atom is 0.471 e. The monoisotopic (exact) mass is 516 g/mol. The molecule has 0 spiro atoms. The van der Waals surface area contributed by atoms with Crippen molar-refractivity contribution in [1.82, 2.24) is 10.2 Å². The molecule has 2 unspecified atom stereocenters. The second-order valence-corrected chi connectivity index (χ2v) is 10.2. The summed E-state index contributed by atoms with van der Waals surface area (Å²) in [5.74, 6) is -6.40. The minimum Gasteiger partial charge on any atom is -0.479 e. The smallest absolute Gasteiger partial charge is 0.471 e. The summed E-state index contributed by atoms with van der Waals surface area (Å²) < 4.78 is 64.3. The Morgan fingerprint density at radius 3 is 2.17 bits per heavy atom. The van der Waals surface area contributed by atoms with Gasteiger partial charge in [0.2, 0.25) is 0 Å². The van der Waals surface area contributed by atoms with E-state index in [1.54, 1.807) is 5.32 Å². The first-order valence-electron chi connectivity index (χ1n) is 11.5. The highest BCUT2D eigenvalue weighted by atomic mass is 19.4. The van der Waals surface area contributed by atoms with Gasteiger partial charge in [0.15, 0.2) is 5.54 Å². The standard InChI is InChI=1S/C23H29BF4N2O6/c1-20(2)21(3,4)36-24(35-20)11-5-6-15-12-30(17(31)14-7-9-16(25)10-8-14)13-22(15,19(33)34)29-18(32)23(26,27)28/h7-10,15H,5-6,11-13H2,1-4H3,(H,29,32)(H,33,34). The Morgan fingerprint density at radius 2 is 1.67 bits per heavy atom. The first-order valence-corrected chi connectivity index (χ1v) is 11.5.